The van der Waals surface area contributed by atoms with Crippen LogP contribution in [0.3, 0.4) is 0 Å². The number of carbonyl (C=O) groups excluding carboxylic acids is 1. The summed E-state index contributed by atoms with van der Waals surface area (Å²) in [6, 6.07) is 16.7. The van der Waals surface area contributed by atoms with Gasteiger partial charge in [-0.15, -0.1) is 0 Å². The summed E-state index contributed by atoms with van der Waals surface area (Å²) >= 11 is 0. The number of aromatic nitrogens is 1. The Labute approximate surface area is 158 Å². The van der Waals surface area contributed by atoms with Crippen LogP contribution in [0.15, 0.2) is 71.8 Å². The molecule has 0 aliphatic carbocycles. The molecule has 0 aliphatic heterocycles. The van der Waals surface area contributed by atoms with Crippen molar-refractivity contribution in [1.29, 1.82) is 0 Å². The molecule has 1 heterocycles. The lowest BCUT2D eigenvalue weighted by Crippen LogP contribution is -2.15. The maximum absolute atomic E-state index is 12.6. The number of anilines is 2. The summed E-state index contributed by atoms with van der Waals surface area (Å²) in [5.74, 6) is 0.125. The predicted molar refractivity (Wildman–Crippen MR) is 105 cm³/mol. The van der Waals surface area contributed by atoms with E-state index in [9.17, 15) is 13.2 Å². The fraction of sp³-hybridized carbons (Fsp3) is 0.100. The maximum atomic E-state index is 12.6. The fourth-order valence-corrected chi connectivity index (χ4v) is 3.91. The van der Waals surface area contributed by atoms with E-state index in [2.05, 4.69) is 15.0 Å². The monoisotopic (exact) mass is 381 g/mol. The quantitative estimate of drug-likeness (QED) is 0.704. The number of amides is 1. The van der Waals surface area contributed by atoms with Crippen LogP contribution in [0, 0.1) is 13.8 Å². The minimum Gasteiger partial charge on any atom is -0.307 e. The molecule has 1 aromatic heterocycles. The van der Waals surface area contributed by atoms with Crippen molar-refractivity contribution in [2.45, 2.75) is 18.7 Å². The van der Waals surface area contributed by atoms with Gasteiger partial charge in [-0.05, 0) is 67.4 Å². The molecule has 1 amide bonds. The first kappa shape index (κ1) is 18.6. The zero-order valence-electron chi connectivity index (χ0n) is 14.9. The van der Waals surface area contributed by atoms with Gasteiger partial charge in [0.2, 0.25) is 0 Å². The van der Waals surface area contributed by atoms with E-state index < -0.39 is 10.0 Å². The normalized spacial score (nSPS) is 11.0. The van der Waals surface area contributed by atoms with E-state index in [-0.39, 0.29) is 10.8 Å². The summed E-state index contributed by atoms with van der Waals surface area (Å²) in [7, 11) is -3.71. The highest BCUT2D eigenvalue weighted by Gasteiger charge is 2.17. The fourth-order valence-electron chi connectivity index (χ4n) is 2.52. The number of benzene rings is 2. The summed E-state index contributed by atoms with van der Waals surface area (Å²) < 4.78 is 27.8. The second-order valence-corrected chi connectivity index (χ2v) is 7.77. The topological polar surface area (TPSA) is 88.2 Å². The van der Waals surface area contributed by atoms with Crippen LogP contribution in [-0.2, 0) is 10.0 Å². The first-order chi connectivity index (χ1) is 12.8. The second kappa shape index (κ2) is 7.59. The molecule has 2 aromatic carbocycles. The molecule has 3 aromatic rings. The molecule has 3 rings (SSSR count). The number of pyridine rings is 1. The number of carbonyl (C=O) groups is 1. The second-order valence-electron chi connectivity index (χ2n) is 6.12. The maximum Gasteiger partial charge on any atom is 0.262 e. The number of rotatable bonds is 5. The Kier molecular flexibility index (Phi) is 5.23. The van der Waals surface area contributed by atoms with Crippen molar-refractivity contribution < 1.29 is 13.2 Å². The molecular weight excluding hydrogens is 362 g/mol. The van der Waals surface area contributed by atoms with Gasteiger partial charge in [-0.1, -0.05) is 18.2 Å². The Bertz CT molecular complexity index is 1060. The van der Waals surface area contributed by atoms with Crippen LogP contribution >= 0.6 is 0 Å². The van der Waals surface area contributed by atoms with Gasteiger partial charge in [-0.3, -0.25) is 9.52 Å². The summed E-state index contributed by atoms with van der Waals surface area (Å²) in [6.45, 7) is 3.59. The van der Waals surface area contributed by atoms with Gasteiger partial charge in [-0.2, -0.15) is 0 Å². The Morgan fingerprint density at radius 3 is 2.37 bits per heavy atom. The third kappa shape index (κ3) is 4.51. The molecule has 27 heavy (non-hydrogen) atoms. The zero-order chi connectivity index (χ0) is 19.4. The summed E-state index contributed by atoms with van der Waals surface area (Å²) in [5, 5.41) is 2.68. The van der Waals surface area contributed by atoms with Crippen molar-refractivity contribution in [3.63, 3.8) is 0 Å². The number of sulfonamides is 1. The van der Waals surface area contributed by atoms with Gasteiger partial charge in [-0.25, -0.2) is 13.4 Å². The Morgan fingerprint density at radius 1 is 0.963 bits per heavy atom. The molecule has 0 bridgehead atoms. The molecule has 0 atom stereocenters. The van der Waals surface area contributed by atoms with Gasteiger partial charge >= 0.3 is 0 Å². The molecule has 0 aliphatic rings. The first-order valence-electron chi connectivity index (χ1n) is 8.28. The molecule has 0 fully saturated rings. The summed E-state index contributed by atoms with van der Waals surface area (Å²) in [6.07, 6.45) is 1.58. The lowest BCUT2D eigenvalue weighted by Gasteiger charge is -2.11. The van der Waals surface area contributed by atoms with Crippen molar-refractivity contribution >= 4 is 27.4 Å². The van der Waals surface area contributed by atoms with E-state index in [0.717, 1.165) is 5.56 Å². The van der Waals surface area contributed by atoms with Crippen LogP contribution < -0.4 is 10.0 Å². The van der Waals surface area contributed by atoms with Crippen LogP contribution in [0.5, 0.6) is 0 Å². The van der Waals surface area contributed by atoms with Gasteiger partial charge in [0, 0.05) is 17.4 Å². The SMILES string of the molecule is Cc1ccc(C)c(S(=O)(=O)Nc2ccc(C(=O)Nc3ccccn3)cc2)c1. The molecule has 0 spiro atoms. The molecule has 0 radical (unpaired) electrons. The Morgan fingerprint density at radius 2 is 1.70 bits per heavy atom. The highest BCUT2D eigenvalue weighted by Crippen LogP contribution is 2.21. The lowest BCUT2D eigenvalue weighted by molar-refractivity contribution is 0.102. The Hall–Kier alpha value is -3.19. The van der Waals surface area contributed by atoms with Crippen LogP contribution in [0.25, 0.3) is 0 Å². The minimum absolute atomic E-state index is 0.236. The highest BCUT2D eigenvalue weighted by atomic mass is 32.2. The average Bonchev–Trinajstić information content (AvgIpc) is 2.64. The summed E-state index contributed by atoms with van der Waals surface area (Å²) in [4.78, 5) is 16.5. The molecule has 0 saturated heterocycles. The highest BCUT2D eigenvalue weighted by molar-refractivity contribution is 7.92. The third-order valence-corrected chi connectivity index (χ3v) is 5.46. The first-order valence-corrected chi connectivity index (χ1v) is 9.76. The van der Waals surface area contributed by atoms with E-state index in [1.165, 1.54) is 0 Å². The van der Waals surface area contributed by atoms with E-state index in [1.54, 1.807) is 67.7 Å². The molecular formula is C20H19N3O3S. The van der Waals surface area contributed by atoms with Gasteiger partial charge in [0.1, 0.15) is 5.82 Å². The van der Waals surface area contributed by atoms with Gasteiger partial charge < -0.3 is 5.32 Å². The van der Waals surface area contributed by atoms with Crippen molar-refractivity contribution in [3.8, 4) is 0 Å². The number of nitrogens with zero attached hydrogens (tertiary/aromatic N) is 1. The lowest BCUT2D eigenvalue weighted by atomic mass is 10.2. The Balaban J connectivity index is 1.75. The van der Waals surface area contributed by atoms with Crippen LogP contribution in [0.4, 0.5) is 11.5 Å². The molecule has 6 nitrogen and oxygen atoms in total. The number of hydrogen-bond acceptors (Lipinski definition) is 4. The van der Waals surface area contributed by atoms with Gasteiger partial charge in [0.25, 0.3) is 15.9 Å². The minimum atomic E-state index is -3.71. The molecule has 0 unspecified atom stereocenters. The van der Waals surface area contributed by atoms with Crippen LogP contribution in [0.2, 0.25) is 0 Å². The van der Waals surface area contributed by atoms with E-state index in [0.29, 0.717) is 22.6 Å². The average molecular weight is 381 g/mol. The summed E-state index contributed by atoms with van der Waals surface area (Å²) in [5.41, 5.74) is 2.31. The van der Waals surface area contributed by atoms with E-state index >= 15 is 0 Å². The molecule has 0 saturated carbocycles. The molecule has 138 valence electrons. The number of hydrogen-bond donors (Lipinski definition) is 2. The van der Waals surface area contributed by atoms with Crippen molar-refractivity contribution in [2.24, 2.45) is 0 Å². The van der Waals surface area contributed by atoms with Crippen molar-refractivity contribution in [3.05, 3.63) is 83.6 Å². The van der Waals surface area contributed by atoms with Crippen molar-refractivity contribution in [1.82, 2.24) is 4.98 Å². The van der Waals surface area contributed by atoms with E-state index in [1.807, 2.05) is 13.0 Å². The van der Waals surface area contributed by atoms with Crippen molar-refractivity contribution in [2.75, 3.05) is 10.0 Å². The predicted octanol–water partition coefficient (Wildman–Crippen LogP) is 3.75. The van der Waals surface area contributed by atoms with Gasteiger partial charge in [0.05, 0.1) is 4.90 Å². The molecule has 2 N–H and O–H groups in total. The van der Waals surface area contributed by atoms with E-state index in [4.69, 9.17) is 0 Å². The van der Waals surface area contributed by atoms with Crippen LogP contribution in [-0.4, -0.2) is 19.3 Å². The number of aryl methyl sites for hydroxylation is 2. The largest absolute Gasteiger partial charge is 0.307 e. The van der Waals surface area contributed by atoms with Gasteiger partial charge in [0.15, 0.2) is 0 Å². The van der Waals surface area contributed by atoms with Crippen LogP contribution in [0.1, 0.15) is 21.5 Å². The standard InChI is InChI=1S/C20H19N3O3S/c1-14-6-7-15(2)18(13-14)27(25,26)23-17-10-8-16(9-11-17)20(24)22-19-5-3-4-12-21-19/h3-13,23H,1-2H3,(H,21,22,24). The molecule has 7 heteroatoms. The number of nitrogens with one attached hydrogen (secondary N) is 2. The zero-order valence-corrected chi connectivity index (χ0v) is 15.7. The third-order valence-electron chi connectivity index (χ3n) is 3.94. The smallest absolute Gasteiger partial charge is 0.262 e.